The quantitative estimate of drug-likeness (QED) is 0.785. The molecule has 0 spiro atoms. The van der Waals surface area contributed by atoms with E-state index in [2.05, 4.69) is 6.07 Å². The van der Waals surface area contributed by atoms with Crippen molar-refractivity contribution in [2.45, 2.75) is 47.1 Å². The first-order valence-electron chi connectivity index (χ1n) is 8.04. The van der Waals surface area contributed by atoms with Gasteiger partial charge in [-0.2, -0.15) is 5.26 Å². The second kappa shape index (κ2) is 6.93. The van der Waals surface area contributed by atoms with Crippen molar-refractivity contribution < 1.29 is 19.1 Å². The van der Waals surface area contributed by atoms with E-state index in [1.807, 2.05) is 0 Å². The van der Waals surface area contributed by atoms with E-state index < -0.39 is 12.0 Å². The zero-order chi connectivity index (χ0) is 18.9. The Bertz CT molecular complexity index is 826. The molecule has 1 aliphatic heterocycles. The molecule has 1 amide bonds. The predicted molar refractivity (Wildman–Crippen MR) is 90.8 cm³/mol. The molecule has 0 fully saturated rings. The minimum Gasteiger partial charge on any atom is -0.464 e. The van der Waals surface area contributed by atoms with Crippen LogP contribution >= 0.6 is 0 Å². The lowest BCUT2D eigenvalue weighted by atomic mass is 10.0. The molecule has 0 radical (unpaired) electrons. The van der Waals surface area contributed by atoms with Crippen molar-refractivity contribution in [1.29, 1.82) is 5.26 Å². The maximum absolute atomic E-state index is 12.6. The van der Waals surface area contributed by atoms with E-state index in [4.69, 9.17) is 4.74 Å². The van der Waals surface area contributed by atoms with Gasteiger partial charge >= 0.3 is 5.97 Å². The highest BCUT2D eigenvalue weighted by atomic mass is 16.5. The fourth-order valence-electron chi connectivity index (χ4n) is 3.03. The Morgan fingerprint density at radius 1 is 1.32 bits per heavy atom. The molecule has 2 heterocycles. The van der Waals surface area contributed by atoms with Crippen molar-refractivity contribution in [1.82, 2.24) is 4.57 Å². The smallest absolute Gasteiger partial charge is 0.329 e. The Hall–Kier alpha value is -2.88. The normalized spacial score (nSPS) is 16.4. The number of allylic oxidation sites excluding steroid dienone is 1. The average Bonchev–Trinajstić information content (AvgIpc) is 2.71. The first-order chi connectivity index (χ1) is 11.7. The minimum atomic E-state index is -0.810. The number of hydrogen-bond donors (Lipinski definition) is 0. The summed E-state index contributed by atoms with van der Waals surface area (Å²) in [6, 6.07) is 1.30. The highest BCUT2D eigenvalue weighted by Gasteiger charge is 2.36. The van der Waals surface area contributed by atoms with Crippen molar-refractivity contribution in [3.8, 4) is 6.07 Å². The molecule has 0 saturated heterocycles. The molecule has 25 heavy (non-hydrogen) atoms. The van der Waals surface area contributed by atoms with Gasteiger partial charge in [0.1, 0.15) is 17.9 Å². The van der Waals surface area contributed by atoms with Gasteiger partial charge in [0.2, 0.25) is 5.91 Å². The standard InChI is InChI=1S/C18H21N3O4/c1-6-25-18(24)16-7-14(12(4)22)9-20(13(5)23)17-15(8-19)10(2)11(3)21(16)17/h9,16H,6-7H2,1-5H3. The lowest BCUT2D eigenvalue weighted by molar-refractivity contribution is -0.147. The third-order valence-electron chi connectivity index (χ3n) is 4.43. The zero-order valence-electron chi connectivity index (χ0n) is 15.0. The van der Waals surface area contributed by atoms with E-state index in [0.29, 0.717) is 28.2 Å². The summed E-state index contributed by atoms with van der Waals surface area (Å²) in [7, 11) is 0. The van der Waals surface area contributed by atoms with Gasteiger partial charge in [0.25, 0.3) is 0 Å². The number of nitrogens with zero attached hydrogens (tertiary/aromatic N) is 3. The number of carbonyl (C=O) groups excluding carboxylic acids is 3. The molecule has 7 heteroatoms. The maximum atomic E-state index is 12.6. The molecule has 0 N–H and O–H groups in total. The molecule has 0 aromatic carbocycles. The van der Waals surface area contributed by atoms with Crippen LogP contribution in [0, 0.1) is 25.2 Å². The lowest BCUT2D eigenvalue weighted by Gasteiger charge is -2.22. The van der Waals surface area contributed by atoms with E-state index in [1.54, 1.807) is 25.3 Å². The Kier molecular flexibility index (Phi) is 5.12. The Balaban J connectivity index is 2.83. The first kappa shape index (κ1) is 18.5. The molecule has 1 aromatic heterocycles. The molecular formula is C18H21N3O4. The van der Waals surface area contributed by atoms with Gasteiger partial charge in [-0.25, -0.2) is 4.79 Å². The molecule has 1 atom stereocenters. The van der Waals surface area contributed by atoms with Crippen LogP contribution in [0.5, 0.6) is 0 Å². The number of amides is 1. The van der Waals surface area contributed by atoms with Crippen molar-refractivity contribution in [3.63, 3.8) is 0 Å². The third-order valence-corrected chi connectivity index (χ3v) is 4.43. The van der Waals surface area contributed by atoms with Gasteiger partial charge in [0, 0.05) is 30.8 Å². The lowest BCUT2D eigenvalue weighted by Crippen LogP contribution is -2.28. The number of rotatable bonds is 3. The fourth-order valence-corrected chi connectivity index (χ4v) is 3.03. The molecule has 1 unspecified atom stereocenters. The number of anilines is 1. The molecule has 0 aliphatic carbocycles. The van der Waals surface area contributed by atoms with E-state index in [-0.39, 0.29) is 24.7 Å². The second-order valence-electron chi connectivity index (χ2n) is 5.96. The number of Topliss-reactive ketones (excluding diaryl/α,β-unsaturated/α-hetero) is 1. The molecule has 2 rings (SSSR count). The molecule has 1 aliphatic rings. The summed E-state index contributed by atoms with van der Waals surface area (Å²) in [4.78, 5) is 38.0. The molecule has 0 bridgehead atoms. The Labute approximate surface area is 146 Å². The van der Waals surface area contributed by atoms with Gasteiger partial charge in [0.15, 0.2) is 5.78 Å². The van der Waals surface area contributed by atoms with E-state index in [9.17, 15) is 19.6 Å². The number of fused-ring (bicyclic) bond motifs is 1. The van der Waals surface area contributed by atoms with Gasteiger partial charge in [-0.3, -0.25) is 14.5 Å². The SMILES string of the molecule is CCOC(=O)C1CC(C(C)=O)=CN(C(C)=O)c2c(C#N)c(C)c(C)n21. The summed E-state index contributed by atoms with van der Waals surface area (Å²) in [6.45, 7) is 8.19. The second-order valence-corrected chi connectivity index (χ2v) is 5.96. The first-order valence-corrected chi connectivity index (χ1v) is 8.04. The van der Waals surface area contributed by atoms with Gasteiger partial charge in [-0.1, -0.05) is 0 Å². The number of aromatic nitrogens is 1. The minimum absolute atomic E-state index is 0.102. The third kappa shape index (κ3) is 3.07. The van der Waals surface area contributed by atoms with Crippen LogP contribution in [0.2, 0.25) is 0 Å². The van der Waals surface area contributed by atoms with Crippen LogP contribution < -0.4 is 4.90 Å². The predicted octanol–water partition coefficient (Wildman–Crippen LogP) is 2.31. The van der Waals surface area contributed by atoms with Gasteiger partial charge < -0.3 is 9.30 Å². The number of carbonyl (C=O) groups is 3. The van der Waals surface area contributed by atoms with Crippen LogP contribution in [0.4, 0.5) is 5.82 Å². The van der Waals surface area contributed by atoms with Gasteiger partial charge in [-0.15, -0.1) is 0 Å². The van der Waals surface area contributed by atoms with Crippen molar-refractivity contribution in [3.05, 3.63) is 28.6 Å². The summed E-state index contributed by atoms with van der Waals surface area (Å²) >= 11 is 0. The van der Waals surface area contributed by atoms with E-state index in [1.165, 1.54) is 24.9 Å². The number of ketones is 1. The van der Waals surface area contributed by atoms with Crippen LogP contribution in [0.3, 0.4) is 0 Å². The van der Waals surface area contributed by atoms with Crippen molar-refractivity contribution in [2.75, 3.05) is 11.5 Å². The average molecular weight is 343 g/mol. The number of ether oxygens (including phenoxy) is 1. The molecule has 7 nitrogen and oxygen atoms in total. The number of hydrogen-bond acceptors (Lipinski definition) is 5. The van der Waals surface area contributed by atoms with Crippen molar-refractivity contribution >= 4 is 23.5 Å². The topological polar surface area (TPSA) is 92.4 Å². The van der Waals surface area contributed by atoms with Crippen LogP contribution in [-0.2, 0) is 19.1 Å². The van der Waals surface area contributed by atoms with Gasteiger partial charge in [0.05, 0.1) is 12.2 Å². The fraction of sp³-hybridized carbons (Fsp3) is 0.444. The number of nitriles is 1. The largest absolute Gasteiger partial charge is 0.464 e. The van der Waals surface area contributed by atoms with Gasteiger partial charge in [-0.05, 0) is 33.3 Å². The van der Waals surface area contributed by atoms with Crippen LogP contribution in [0.25, 0.3) is 0 Å². The number of esters is 1. The highest BCUT2D eigenvalue weighted by molar-refractivity contribution is 6.00. The molecule has 132 valence electrons. The summed E-state index contributed by atoms with van der Waals surface area (Å²) in [6.07, 6.45) is 1.53. The summed E-state index contributed by atoms with van der Waals surface area (Å²) in [5.41, 5.74) is 2.02. The summed E-state index contributed by atoms with van der Waals surface area (Å²) in [5, 5.41) is 9.58. The Morgan fingerprint density at radius 3 is 2.44 bits per heavy atom. The summed E-state index contributed by atoms with van der Waals surface area (Å²) < 4.78 is 6.81. The van der Waals surface area contributed by atoms with E-state index >= 15 is 0 Å². The van der Waals surface area contributed by atoms with Crippen molar-refractivity contribution in [2.24, 2.45) is 0 Å². The maximum Gasteiger partial charge on any atom is 0.329 e. The summed E-state index contributed by atoms with van der Waals surface area (Å²) in [5.74, 6) is -0.777. The van der Waals surface area contributed by atoms with Crippen LogP contribution in [0.1, 0.15) is 50.1 Å². The molecule has 1 aromatic rings. The van der Waals surface area contributed by atoms with E-state index in [0.717, 1.165) is 0 Å². The van der Waals surface area contributed by atoms with Crippen LogP contribution in [-0.4, -0.2) is 28.8 Å². The monoisotopic (exact) mass is 343 g/mol. The molecular weight excluding hydrogens is 322 g/mol. The zero-order valence-corrected chi connectivity index (χ0v) is 15.0. The molecule has 0 saturated carbocycles. The van der Waals surface area contributed by atoms with Crippen LogP contribution in [0.15, 0.2) is 11.8 Å². The Morgan fingerprint density at radius 2 is 1.96 bits per heavy atom. The highest BCUT2D eigenvalue weighted by Crippen LogP contribution is 2.38.